The molecule has 6 heteroatoms. The molecule has 2 aliphatic rings. The van der Waals surface area contributed by atoms with E-state index in [1.807, 2.05) is 18.2 Å². The van der Waals surface area contributed by atoms with Crippen molar-refractivity contribution < 1.29 is 19.5 Å². The van der Waals surface area contributed by atoms with Gasteiger partial charge in [0, 0.05) is 31.1 Å². The van der Waals surface area contributed by atoms with Crippen LogP contribution < -0.4 is 0 Å². The third-order valence-corrected chi connectivity index (χ3v) is 4.97. The van der Waals surface area contributed by atoms with E-state index in [1.165, 1.54) is 4.90 Å². The predicted molar refractivity (Wildman–Crippen MR) is 87.4 cm³/mol. The van der Waals surface area contributed by atoms with Crippen LogP contribution >= 0.6 is 0 Å². The van der Waals surface area contributed by atoms with Gasteiger partial charge < -0.3 is 14.9 Å². The van der Waals surface area contributed by atoms with Gasteiger partial charge in [0.2, 0.25) is 5.91 Å². The van der Waals surface area contributed by atoms with Crippen LogP contribution in [0.25, 0.3) is 0 Å². The fraction of sp³-hybridized carbons (Fsp3) is 0.500. The Morgan fingerprint density at radius 2 is 1.62 bits per heavy atom. The quantitative estimate of drug-likeness (QED) is 0.913. The van der Waals surface area contributed by atoms with Crippen LogP contribution in [0.5, 0.6) is 0 Å². The van der Waals surface area contributed by atoms with E-state index in [1.54, 1.807) is 17.0 Å². The Kier molecular flexibility index (Phi) is 4.83. The smallest absolute Gasteiger partial charge is 0.326 e. The summed E-state index contributed by atoms with van der Waals surface area (Å²) < 4.78 is 0. The van der Waals surface area contributed by atoms with Gasteiger partial charge in [-0.2, -0.15) is 0 Å². The summed E-state index contributed by atoms with van der Waals surface area (Å²) in [6, 6.07) is 8.45. The fourth-order valence-electron chi connectivity index (χ4n) is 3.61. The van der Waals surface area contributed by atoms with E-state index in [0.29, 0.717) is 44.5 Å². The van der Waals surface area contributed by atoms with E-state index >= 15 is 0 Å². The summed E-state index contributed by atoms with van der Waals surface area (Å²) >= 11 is 0. The molecule has 2 saturated heterocycles. The lowest BCUT2D eigenvalue weighted by Gasteiger charge is -2.34. The molecule has 1 unspecified atom stereocenters. The molecule has 0 aliphatic carbocycles. The molecule has 128 valence electrons. The van der Waals surface area contributed by atoms with Crippen molar-refractivity contribution in [2.45, 2.75) is 31.7 Å². The number of nitrogens with zero attached hydrogens (tertiary/aromatic N) is 2. The molecule has 3 rings (SSSR count). The van der Waals surface area contributed by atoms with Gasteiger partial charge >= 0.3 is 5.97 Å². The van der Waals surface area contributed by atoms with Gasteiger partial charge in [0.25, 0.3) is 5.91 Å². The maximum Gasteiger partial charge on any atom is 0.326 e. The minimum absolute atomic E-state index is 0.00826. The Hall–Kier alpha value is -2.37. The zero-order chi connectivity index (χ0) is 17.1. The maximum absolute atomic E-state index is 12.6. The molecular weight excluding hydrogens is 308 g/mol. The van der Waals surface area contributed by atoms with Crippen molar-refractivity contribution in [3.05, 3.63) is 35.9 Å². The van der Waals surface area contributed by atoms with Crippen molar-refractivity contribution in [2.75, 3.05) is 19.6 Å². The summed E-state index contributed by atoms with van der Waals surface area (Å²) in [5, 5.41) is 9.23. The molecule has 0 saturated carbocycles. The lowest BCUT2D eigenvalue weighted by Crippen LogP contribution is -2.47. The number of carbonyl (C=O) groups is 3. The summed E-state index contributed by atoms with van der Waals surface area (Å²) in [5.74, 6) is -1.17. The number of carboxylic acids is 1. The van der Waals surface area contributed by atoms with Crippen LogP contribution in [0.15, 0.2) is 30.3 Å². The lowest BCUT2D eigenvalue weighted by molar-refractivity contribution is -0.150. The van der Waals surface area contributed by atoms with Crippen molar-refractivity contribution in [1.82, 2.24) is 9.80 Å². The van der Waals surface area contributed by atoms with E-state index in [2.05, 4.69) is 0 Å². The number of aliphatic carboxylic acids is 1. The summed E-state index contributed by atoms with van der Waals surface area (Å²) in [6.07, 6.45) is 2.47. The maximum atomic E-state index is 12.6. The zero-order valence-electron chi connectivity index (χ0n) is 13.6. The van der Waals surface area contributed by atoms with Crippen molar-refractivity contribution in [1.29, 1.82) is 0 Å². The number of benzene rings is 1. The second kappa shape index (κ2) is 7.03. The molecule has 0 spiro atoms. The fourth-order valence-corrected chi connectivity index (χ4v) is 3.61. The molecule has 2 aliphatic heterocycles. The molecule has 0 bridgehead atoms. The first kappa shape index (κ1) is 16.5. The molecule has 1 aromatic carbocycles. The normalized spacial score (nSPS) is 21.8. The Bertz CT molecular complexity index is 623. The third kappa shape index (κ3) is 3.27. The van der Waals surface area contributed by atoms with E-state index in [0.717, 1.165) is 6.42 Å². The number of carboxylic acid groups (broad SMARTS) is 1. The molecule has 24 heavy (non-hydrogen) atoms. The van der Waals surface area contributed by atoms with E-state index < -0.39 is 12.0 Å². The van der Waals surface area contributed by atoms with Crippen LogP contribution in [0.2, 0.25) is 0 Å². The number of amides is 2. The SMILES string of the molecule is O=C(O)C1CCCN1C(=O)C1CCN(C(=O)c2ccccc2)CC1. The summed E-state index contributed by atoms with van der Waals surface area (Å²) in [7, 11) is 0. The number of piperidine rings is 1. The van der Waals surface area contributed by atoms with Gasteiger partial charge in [-0.15, -0.1) is 0 Å². The zero-order valence-corrected chi connectivity index (χ0v) is 13.6. The lowest BCUT2D eigenvalue weighted by atomic mass is 9.94. The molecule has 0 aromatic heterocycles. The van der Waals surface area contributed by atoms with Crippen molar-refractivity contribution in [3.8, 4) is 0 Å². The Morgan fingerprint density at radius 3 is 2.25 bits per heavy atom. The average molecular weight is 330 g/mol. The van der Waals surface area contributed by atoms with Crippen LogP contribution in [-0.4, -0.2) is 58.4 Å². The van der Waals surface area contributed by atoms with Gasteiger partial charge in [-0.05, 0) is 37.8 Å². The molecule has 6 nitrogen and oxygen atoms in total. The van der Waals surface area contributed by atoms with Gasteiger partial charge in [0.15, 0.2) is 0 Å². The Labute approximate surface area is 141 Å². The Morgan fingerprint density at radius 1 is 0.958 bits per heavy atom. The first-order valence-electron chi connectivity index (χ1n) is 8.45. The number of hydrogen-bond acceptors (Lipinski definition) is 3. The van der Waals surface area contributed by atoms with Crippen molar-refractivity contribution in [3.63, 3.8) is 0 Å². The number of rotatable bonds is 3. The van der Waals surface area contributed by atoms with E-state index in [4.69, 9.17) is 0 Å². The van der Waals surface area contributed by atoms with Crippen LogP contribution in [0, 0.1) is 5.92 Å². The van der Waals surface area contributed by atoms with Crippen molar-refractivity contribution >= 4 is 17.8 Å². The molecule has 1 aromatic rings. The average Bonchev–Trinajstić information content (AvgIpc) is 3.11. The minimum Gasteiger partial charge on any atom is -0.480 e. The predicted octanol–water partition coefficient (Wildman–Crippen LogP) is 1.61. The molecule has 2 heterocycles. The van der Waals surface area contributed by atoms with E-state index in [-0.39, 0.29) is 17.7 Å². The molecule has 0 radical (unpaired) electrons. The Balaban J connectivity index is 1.58. The highest BCUT2D eigenvalue weighted by molar-refractivity contribution is 5.94. The van der Waals surface area contributed by atoms with Gasteiger partial charge in [0.05, 0.1) is 0 Å². The second-order valence-electron chi connectivity index (χ2n) is 6.46. The first-order chi connectivity index (χ1) is 11.6. The standard InChI is InChI=1S/C18H22N2O4/c21-16(13-5-2-1-3-6-13)19-11-8-14(9-12-19)17(22)20-10-4-7-15(20)18(23)24/h1-3,5-6,14-15H,4,7-12H2,(H,23,24). The number of hydrogen-bond donors (Lipinski definition) is 1. The molecule has 2 amide bonds. The molecule has 2 fully saturated rings. The van der Waals surface area contributed by atoms with Crippen LogP contribution in [0.3, 0.4) is 0 Å². The van der Waals surface area contributed by atoms with Crippen LogP contribution in [0.4, 0.5) is 0 Å². The topological polar surface area (TPSA) is 77.9 Å². The number of carbonyl (C=O) groups excluding carboxylic acids is 2. The molecular formula is C18H22N2O4. The van der Waals surface area contributed by atoms with Gasteiger partial charge in [-0.25, -0.2) is 4.79 Å². The highest BCUT2D eigenvalue weighted by atomic mass is 16.4. The highest BCUT2D eigenvalue weighted by Crippen LogP contribution is 2.26. The van der Waals surface area contributed by atoms with E-state index in [9.17, 15) is 19.5 Å². The first-order valence-corrected chi connectivity index (χ1v) is 8.45. The summed E-state index contributed by atoms with van der Waals surface area (Å²) in [5.41, 5.74) is 0.660. The second-order valence-corrected chi connectivity index (χ2v) is 6.46. The molecule has 1 atom stereocenters. The van der Waals surface area contributed by atoms with Gasteiger partial charge in [-0.1, -0.05) is 18.2 Å². The third-order valence-electron chi connectivity index (χ3n) is 4.97. The largest absolute Gasteiger partial charge is 0.480 e. The van der Waals surface area contributed by atoms with Crippen molar-refractivity contribution in [2.24, 2.45) is 5.92 Å². The summed E-state index contributed by atoms with van der Waals surface area (Å²) in [4.78, 5) is 39.6. The van der Waals surface area contributed by atoms with Crippen LogP contribution in [0.1, 0.15) is 36.0 Å². The number of likely N-dealkylation sites (tertiary alicyclic amines) is 2. The van der Waals surface area contributed by atoms with Crippen LogP contribution in [-0.2, 0) is 9.59 Å². The highest BCUT2D eigenvalue weighted by Gasteiger charge is 2.38. The van der Waals surface area contributed by atoms with Gasteiger partial charge in [0.1, 0.15) is 6.04 Å². The molecule has 1 N–H and O–H groups in total. The summed E-state index contributed by atoms with van der Waals surface area (Å²) in [6.45, 7) is 1.60. The monoisotopic (exact) mass is 330 g/mol. The van der Waals surface area contributed by atoms with Gasteiger partial charge in [-0.3, -0.25) is 9.59 Å². The minimum atomic E-state index is -0.919.